The number of fused-ring (bicyclic) bond motifs is 1. The Morgan fingerprint density at radius 3 is 2.92 bits per heavy atom. The van der Waals surface area contributed by atoms with Gasteiger partial charge in [-0.25, -0.2) is 9.50 Å². The molecular weight excluding hydrogens is 328 g/mol. The van der Waals surface area contributed by atoms with Gasteiger partial charge in [0.25, 0.3) is 0 Å². The molecule has 0 aliphatic carbocycles. The minimum Gasteiger partial charge on any atom is -0.337 e. The van der Waals surface area contributed by atoms with E-state index in [-0.39, 0.29) is 6.04 Å². The topological polar surface area (TPSA) is 72.4 Å². The van der Waals surface area contributed by atoms with Crippen molar-refractivity contribution in [3.63, 3.8) is 0 Å². The summed E-state index contributed by atoms with van der Waals surface area (Å²) >= 11 is 0. The zero-order valence-corrected chi connectivity index (χ0v) is 14.2. The summed E-state index contributed by atoms with van der Waals surface area (Å²) < 4.78 is 7.36. The Morgan fingerprint density at radius 1 is 1.08 bits per heavy atom. The van der Waals surface area contributed by atoms with Gasteiger partial charge in [0.2, 0.25) is 11.7 Å². The highest BCUT2D eigenvalue weighted by Crippen LogP contribution is 2.33. The molecule has 1 aliphatic rings. The monoisotopic (exact) mass is 346 g/mol. The molecule has 1 aromatic carbocycles. The lowest BCUT2D eigenvalue weighted by molar-refractivity contribution is 0.201. The molecule has 26 heavy (non-hydrogen) atoms. The van der Waals surface area contributed by atoms with E-state index in [2.05, 4.69) is 49.4 Å². The second kappa shape index (κ2) is 6.34. The van der Waals surface area contributed by atoms with Gasteiger partial charge in [-0.05, 0) is 31.0 Å². The Kier molecular flexibility index (Phi) is 3.71. The van der Waals surface area contributed by atoms with Gasteiger partial charge in [0.15, 0.2) is 5.65 Å². The van der Waals surface area contributed by atoms with Gasteiger partial charge >= 0.3 is 0 Å². The molecule has 1 atom stereocenters. The Morgan fingerprint density at radius 2 is 2.00 bits per heavy atom. The first-order chi connectivity index (χ1) is 12.9. The molecule has 0 radical (unpaired) electrons. The van der Waals surface area contributed by atoms with Gasteiger partial charge in [-0.1, -0.05) is 35.5 Å². The molecule has 0 amide bonds. The van der Waals surface area contributed by atoms with Gasteiger partial charge in [-0.15, -0.1) is 0 Å². The fourth-order valence-electron chi connectivity index (χ4n) is 3.59. The number of nitrogens with zero attached hydrogens (tertiary/aromatic N) is 6. The van der Waals surface area contributed by atoms with Crippen molar-refractivity contribution in [3.8, 4) is 11.5 Å². The van der Waals surface area contributed by atoms with Gasteiger partial charge < -0.3 is 4.52 Å². The molecule has 4 heterocycles. The molecule has 0 bridgehead atoms. The van der Waals surface area contributed by atoms with E-state index in [1.54, 1.807) is 16.9 Å². The van der Waals surface area contributed by atoms with Gasteiger partial charge in [0.05, 0.1) is 12.2 Å². The average Bonchev–Trinajstić information content (AvgIpc) is 3.42. The maximum absolute atomic E-state index is 5.63. The molecule has 1 saturated heterocycles. The lowest BCUT2D eigenvalue weighted by Gasteiger charge is -2.21. The molecule has 130 valence electrons. The highest BCUT2D eigenvalue weighted by Gasteiger charge is 2.31. The summed E-state index contributed by atoms with van der Waals surface area (Å²) in [6.45, 7) is 1.93. The zero-order valence-electron chi connectivity index (χ0n) is 14.2. The molecule has 0 N–H and O–H groups in total. The Bertz CT molecular complexity index is 1020. The van der Waals surface area contributed by atoms with Crippen LogP contribution >= 0.6 is 0 Å². The van der Waals surface area contributed by atoms with Gasteiger partial charge in [0, 0.05) is 18.8 Å². The van der Waals surface area contributed by atoms with Crippen LogP contribution in [-0.4, -0.2) is 36.2 Å². The standard InChI is InChI=1S/C19H18N6O/c1-2-5-14(6-3-1)13-24-12-4-7-16(24)19-22-18(23-26-19)15-8-10-20-17-9-11-21-25(15)17/h1-3,5-6,8-11,16H,4,7,12-13H2/t16-/m0/s1. The van der Waals surface area contributed by atoms with Crippen LogP contribution in [0.25, 0.3) is 17.2 Å². The van der Waals surface area contributed by atoms with Crippen molar-refractivity contribution < 1.29 is 4.52 Å². The molecule has 7 nitrogen and oxygen atoms in total. The van der Waals surface area contributed by atoms with E-state index >= 15 is 0 Å². The van der Waals surface area contributed by atoms with Crippen LogP contribution in [0.4, 0.5) is 0 Å². The fraction of sp³-hybridized carbons (Fsp3) is 0.263. The summed E-state index contributed by atoms with van der Waals surface area (Å²) in [5.74, 6) is 1.22. The highest BCUT2D eigenvalue weighted by atomic mass is 16.5. The summed E-state index contributed by atoms with van der Waals surface area (Å²) in [5, 5.41) is 8.50. The van der Waals surface area contributed by atoms with E-state index in [0.717, 1.165) is 37.3 Å². The number of hydrogen-bond acceptors (Lipinski definition) is 6. The van der Waals surface area contributed by atoms with Crippen LogP contribution in [0.1, 0.15) is 30.3 Å². The molecule has 0 spiro atoms. The van der Waals surface area contributed by atoms with E-state index in [4.69, 9.17) is 4.52 Å². The molecule has 1 fully saturated rings. The highest BCUT2D eigenvalue weighted by molar-refractivity contribution is 5.54. The number of benzene rings is 1. The third kappa shape index (κ3) is 2.66. The number of likely N-dealkylation sites (tertiary alicyclic amines) is 1. The van der Waals surface area contributed by atoms with Gasteiger partial charge in [-0.3, -0.25) is 4.90 Å². The van der Waals surface area contributed by atoms with Crippen LogP contribution in [0, 0.1) is 0 Å². The van der Waals surface area contributed by atoms with E-state index in [1.807, 2.05) is 18.2 Å². The third-order valence-electron chi connectivity index (χ3n) is 4.84. The first kappa shape index (κ1) is 15.2. The van der Waals surface area contributed by atoms with E-state index in [1.165, 1.54) is 5.56 Å². The Labute approximate surface area is 150 Å². The quantitative estimate of drug-likeness (QED) is 0.565. The van der Waals surface area contributed by atoms with Crippen molar-refractivity contribution in [2.75, 3.05) is 6.54 Å². The molecular formula is C19H18N6O. The van der Waals surface area contributed by atoms with Gasteiger partial charge in [-0.2, -0.15) is 10.1 Å². The second-order valence-electron chi connectivity index (χ2n) is 6.50. The molecule has 4 aromatic rings. The average molecular weight is 346 g/mol. The van der Waals surface area contributed by atoms with Crippen LogP contribution in [0.15, 0.2) is 59.4 Å². The van der Waals surface area contributed by atoms with Crippen LogP contribution in [0.2, 0.25) is 0 Å². The maximum atomic E-state index is 5.63. The lowest BCUT2D eigenvalue weighted by Crippen LogP contribution is -2.23. The first-order valence-electron chi connectivity index (χ1n) is 8.79. The summed E-state index contributed by atoms with van der Waals surface area (Å²) in [6.07, 6.45) is 5.61. The first-order valence-corrected chi connectivity index (χ1v) is 8.79. The normalized spacial score (nSPS) is 17.9. The Balaban J connectivity index is 1.43. The second-order valence-corrected chi connectivity index (χ2v) is 6.50. The zero-order chi connectivity index (χ0) is 17.3. The van der Waals surface area contributed by atoms with Crippen molar-refractivity contribution in [1.29, 1.82) is 0 Å². The van der Waals surface area contributed by atoms with Gasteiger partial charge in [0.1, 0.15) is 5.69 Å². The number of aromatic nitrogens is 5. The predicted octanol–water partition coefficient (Wildman–Crippen LogP) is 3.12. The summed E-state index contributed by atoms with van der Waals surface area (Å²) in [7, 11) is 0. The summed E-state index contributed by atoms with van der Waals surface area (Å²) in [5.41, 5.74) is 2.84. The molecule has 0 unspecified atom stereocenters. The summed E-state index contributed by atoms with van der Waals surface area (Å²) in [4.78, 5) is 11.4. The van der Waals surface area contributed by atoms with Crippen LogP contribution in [-0.2, 0) is 6.54 Å². The SMILES string of the molecule is c1ccc(CN2CCC[C@H]2c2nc(-c3ccnc4ccnn34)no2)cc1. The van der Waals surface area contributed by atoms with Crippen molar-refractivity contribution in [2.45, 2.75) is 25.4 Å². The van der Waals surface area contributed by atoms with Crippen LogP contribution < -0.4 is 0 Å². The molecule has 3 aromatic heterocycles. The molecule has 1 aliphatic heterocycles. The maximum Gasteiger partial charge on any atom is 0.244 e. The summed E-state index contributed by atoms with van der Waals surface area (Å²) in [6, 6.07) is 14.4. The smallest absolute Gasteiger partial charge is 0.244 e. The minimum atomic E-state index is 0.159. The Hall–Kier alpha value is -3.06. The van der Waals surface area contributed by atoms with Crippen molar-refractivity contribution in [1.82, 2.24) is 29.6 Å². The molecule has 5 rings (SSSR count). The largest absolute Gasteiger partial charge is 0.337 e. The predicted molar refractivity (Wildman–Crippen MR) is 95.1 cm³/mol. The minimum absolute atomic E-state index is 0.159. The van der Waals surface area contributed by atoms with Crippen LogP contribution in [0.3, 0.4) is 0 Å². The van der Waals surface area contributed by atoms with Crippen molar-refractivity contribution in [2.24, 2.45) is 0 Å². The van der Waals surface area contributed by atoms with Crippen molar-refractivity contribution in [3.05, 3.63) is 66.3 Å². The molecule has 7 heteroatoms. The van der Waals surface area contributed by atoms with Crippen LogP contribution in [0.5, 0.6) is 0 Å². The fourth-order valence-corrected chi connectivity index (χ4v) is 3.59. The van der Waals surface area contributed by atoms with E-state index in [9.17, 15) is 0 Å². The van der Waals surface area contributed by atoms with Crippen molar-refractivity contribution >= 4 is 5.65 Å². The third-order valence-corrected chi connectivity index (χ3v) is 4.84. The van der Waals surface area contributed by atoms with E-state index in [0.29, 0.717) is 11.7 Å². The molecule has 0 saturated carbocycles. The lowest BCUT2D eigenvalue weighted by atomic mass is 10.2. The number of rotatable bonds is 4. The van der Waals surface area contributed by atoms with E-state index < -0.39 is 0 Å². The number of hydrogen-bond donors (Lipinski definition) is 0.